The molecule has 132 valence electrons. The molecular formula is C18H16FN5O2. The lowest BCUT2D eigenvalue weighted by Crippen LogP contribution is -2.28. The van der Waals surface area contributed by atoms with Gasteiger partial charge in [-0.3, -0.25) is 4.68 Å². The van der Waals surface area contributed by atoms with E-state index >= 15 is 0 Å². The highest BCUT2D eigenvalue weighted by atomic mass is 19.1. The highest BCUT2D eigenvalue weighted by Crippen LogP contribution is 2.36. The summed E-state index contributed by atoms with van der Waals surface area (Å²) in [7, 11) is 0. The van der Waals surface area contributed by atoms with Gasteiger partial charge in [0.2, 0.25) is 5.88 Å². The largest absolute Gasteiger partial charge is 0.411 e. The van der Waals surface area contributed by atoms with Gasteiger partial charge in [-0.1, -0.05) is 0 Å². The number of nitrogens with zero attached hydrogens (tertiary/aromatic N) is 3. The minimum Gasteiger partial charge on any atom is -0.391 e. The minimum atomic E-state index is -0.924. The van der Waals surface area contributed by atoms with E-state index < -0.39 is 6.09 Å². The van der Waals surface area contributed by atoms with Gasteiger partial charge in [-0.15, -0.1) is 0 Å². The smallest absolute Gasteiger partial charge is 0.391 e. The first-order chi connectivity index (χ1) is 12.6. The van der Waals surface area contributed by atoms with Gasteiger partial charge in [-0.05, 0) is 35.9 Å². The van der Waals surface area contributed by atoms with Gasteiger partial charge in [-0.2, -0.15) is 5.10 Å². The van der Waals surface area contributed by atoms with Gasteiger partial charge < -0.3 is 15.8 Å². The second kappa shape index (κ2) is 6.57. The fourth-order valence-electron chi connectivity index (χ4n) is 3.09. The average molecular weight is 353 g/mol. The van der Waals surface area contributed by atoms with Crippen LogP contribution in [-0.2, 0) is 13.1 Å². The molecule has 4 rings (SSSR count). The van der Waals surface area contributed by atoms with Crippen molar-refractivity contribution in [1.29, 1.82) is 0 Å². The molecule has 0 radical (unpaired) electrons. The number of primary amides is 1. The predicted octanol–water partition coefficient (Wildman–Crippen LogP) is 2.31. The summed E-state index contributed by atoms with van der Waals surface area (Å²) in [4.78, 5) is 15.0. The Morgan fingerprint density at radius 3 is 2.81 bits per heavy atom. The van der Waals surface area contributed by atoms with E-state index in [4.69, 9.17) is 15.6 Å². The van der Waals surface area contributed by atoms with E-state index in [2.05, 4.69) is 10.3 Å². The van der Waals surface area contributed by atoms with Gasteiger partial charge in [0, 0.05) is 36.5 Å². The number of benzene rings is 1. The van der Waals surface area contributed by atoms with Crippen LogP contribution < -0.4 is 15.8 Å². The third-order valence-electron chi connectivity index (χ3n) is 4.20. The number of hydrogen-bond acceptors (Lipinski definition) is 5. The van der Waals surface area contributed by atoms with Crippen molar-refractivity contribution in [3.63, 3.8) is 0 Å². The fourth-order valence-corrected chi connectivity index (χ4v) is 3.09. The highest BCUT2D eigenvalue weighted by molar-refractivity contribution is 5.83. The van der Waals surface area contributed by atoms with Crippen LogP contribution in [0.4, 0.5) is 9.18 Å². The fraction of sp³-hybridized carbons (Fsp3) is 0.167. The van der Waals surface area contributed by atoms with Gasteiger partial charge >= 0.3 is 6.09 Å². The number of hydrogen-bond donors (Lipinski definition) is 2. The molecule has 3 aromatic rings. The van der Waals surface area contributed by atoms with Gasteiger partial charge in [-0.25, -0.2) is 14.2 Å². The van der Waals surface area contributed by atoms with Crippen LogP contribution in [0.2, 0.25) is 0 Å². The molecule has 8 heteroatoms. The molecule has 0 spiro atoms. The molecule has 7 nitrogen and oxygen atoms in total. The van der Waals surface area contributed by atoms with Crippen molar-refractivity contribution in [2.75, 3.05) is 6.54 Å². The summed E-state index contributed by atoms with van der Waals surface area (Å²) in [6.07, 6.45) is 0.620. The van der Waals surface area contributed by atoms with E-state index in [0.717, 1.165) is 41.2 Å². The summed E-state index contributed by atoms with van der Waals surface area (Å²) in [5, 5.41) is 8.05. The van der Waals surface area contributed by atoms with Crippen LogP contribution in [-0.4, -0.2) is 27.4 Å². The maximum Gasteiger partial charge on any atom is 0.411 e. The normalized spacial score (nSPS) is 13.3. The van der Waals surface area contributed by atoms with E-state index in [0.29, 0.717) is 6.54 Å². The van der Waals surface area contributed by atoms with Gasteiger partial charge in [0.25, 0.3) is 0 Å². The number of carbonyl (C=O) groups excluding carboxylic acids is 1. The molecule has 0 bridgehead atoms. The van der Waals surface area contributed by atoms with Crippen molar-refractivity contribution in [2.45, 2.75) is 13.1 Å². The van der Waals surface area contributed by atoms with Crippen LogP contribution in [0.1, 0.15) is 5.69 Å². The summed E-state index contributed by atoms with van der Waals surface area (Å²) in [5.41, 5.74) is 9.30. The van der Waals surface area contributed by atoms with Crippen LogP contribution in [0.3, 0.4) is 0 Å². The number of nitrogens with one attached hydrogen (secondary N) is 1. The van der Waals surface area contributed by atoms with Crippen molar-refractivity contribution in [2.24, 2.45) is 5.73 Å². The first kappa shape index (κ1) is 16.2. The van der Waals surface area contributed by atoms with E-state index in [1.165, 1.54) is 12.1 Å². The molecule has 0 fully saturated rings. The number of halogens is 1. The zero-order chi connectivity index (χ0) is 18.1. The Morgan fingerprint density at radius 1 is 1.23 bits per heavy atom. The first-order valence-corrected chi connectivity index (χ1v) is 8.12. The van der Waals surface area contributed by atoms with Gasteiger partial charge in [0.05, 0.1) is 12.2 Å². The van der Waals surface area contributed by atoms with E-state index in [-0.39, 0.29) is 11.7 Å². The van der Waals surface area contributed by atoms with Crippen molar-refractivity contribution >= 4 is 6.09 Å². The monoisotopic (exact) mass is 353 g/mol. The number of amides is 1. The Morgan fingerprint density at radius 2 is 2.04 bits per heavy atom. The number of nitrogens with two attached hydrogens (primary N) is 1. The van der Waals surface area contributed by atoms with E-state index in [9.17, 15) is 9.18 Å². The molecule has 3 heterocycles. The molecule has 0 saturated heterocycles. The Bertz CT molecular complexity index is 968. The number of pyridine rings is 1. The predicted molar refractivity (Wildman–Crippen MR) is 92.8 cm³/mol. The summed E-state index contributed by atoms with van der Waals surface area (Å²) >= 11 is 0. The SMILES string of the molecule is NC(=O)Oc1cc(-c2c(-c3ccc(F)cc3)nn3c2CNCC3)ccn1. The lowest BCUT2D eigenvalue weighted by atomic mass is 9.99. The highest BCUT2D eigenvalue weighted by Gasteiger charge is 2.23. The first-order valence-electron chi connectivity index (χ1n) is 8.12. The molecule has 2 aromatic heterocycles. The Kier molecular flexibility index (Phi) is 4.10. The maximum atomic E-state index is 13.3. The van der Waals surface area contributed by atoms with Crippen LogP contribution in [0.5, 0.6) is 5.88 Å². The zero-order valence-electron chi connectivity index (χ0n) is 13.8. The molecule has 3 N–H and O–H groups in total. The second-order valence-corrected chi connectivity index (χ2v) is 5.88. The van der Waals surface area contributed by atoms with Crippen molar-refractivity contribution in [3.8, 4) is 28.3 Å². The summed E-state index contributed by atoms with van der Waals surface area (Å²) in [6, 6.07) is 9.66. The Hall–Kier alpha value is -3.26. The number of fused-ring (bicyclic) bond motifs is 1. The second-order valence-electron chi connectivity index (χ2n) is 5.88. The minimum absolute atomic E-state index is 0.115. The number of carbonyl (C=O) groups is 1. The summed E-state index contributed by atoms with van der Waals surface area (Å²) < 4.78 is 20.2. The average Bonchev–Trinajstić information content (AvgIpc) is 3.01. The van der Waals surface area contributed by atoms with Gasteiger partial charge in [0.1, 0.15) is 11.5 Å². The van der Waals surface area contributed by atoms with E-state index in [1.54, 1.807) is 24.4 Å². The maximum absolute atomic E-state index is 13.3. The summed E-state index contributed by atoms with van der Waals surface area (Å²) in [5.74, 6) is -0.189. The molecule has 1 aliphatic heterocycles. The molecule has 0 unspecified atom stereocenters. The molecule has 0 atom stereocenters. The van der Waals surface area contributed by atoms with Gasteiger partial charge in [0.15, 0.2) is 0 Å². The topological polar surface area (TPSA) is 95.1 Å². The number of rotatable bonds is 3. The molecule has 1 aliphatic rings. The third-order valence-corrected chi connectivity index (χ3v) is 4.20. The Balaban J connectivity index is 1.88. The molecule has 0 saturated carbocycles. The third kappa shape index (κ3) is 3.02. The summed E-state index contributed by atoms with van der Waals surface area (Å²) in [6.45, 7) is 2.21. The van der Waals surface area contributed by atoms with Crippen molar-refractivity contribution < 1.29 is 13.9 Å². The number of aromatic nitrogens is 3. The van der Waals surface area contributed by atoms with Crippen molar-refractivity contribution in [1.82, 2.24) is 20.1 Å². The van der Waals surface area contributed by atoms with Crippen LogP contribution in [0.25, 0.3) is 22.4 Å². The molecule has 26 heavy (non-hydrogen) atoms. The lowest BCUT2D eigenvalue weighted by molar-refractivity contribution is 0.209. The molecule has 1 aromatic carbocycles. The number of ether oxygens (including phenoxy) is 1. The van der Waals surface area contributed by atoms with Crippen LogP contribution in [0, 0.1) is 5.82 Å². The quantitative estimate of drug-likeness (QED) is 0.753. The molecule has 1 amide bonds. The van der Waals surface area contributed by atoms with E-state index in [1.807, 2.05) is 10.7 Å². The lowest BCUT2D eigenvalue weighted by Gasteiger charge is -2.16. The van der Waals surface area contributed by atoms with Crippen molar-refractivity contribution in [3.05, 3.63) is 54.1 Å². The van der Waals surface area contributed by atoms with Crippen LogP contribution >= 0.6 is 0 Å². The Labute approximate surface area is 148 Å². The zero-order valence-corrected chi connectivity index (χ0v) is 13.8. The molecule has 0 aliphatic carbocycles. The molecular weight excluding hydrogens is 337 g/mol. The standard InChI is InChI=1S/C18H16FN5O2/c19-13-3-1-11(2-4-13)17-16(14-10-21-7-8-24(14)23-17)12-5-6-22-15(9-12)26-18(20)25/h1-6,9,21H,7-8,10H2,(H2,20,25). The van der Waals surface area contributed by atoms with Crippen LogP contribution in [0.15, 0.2) is 42.6 Å².